The third-order valence-electron chi connectivity index (χ3n) is 5.78. The molecule has 1 saturated carbocycles. The fourth-order valence-electron chi connectivity index (χ4n) is 4.50. The maximum absolute atomic E-state index is 4.07. The summed E-state index contributed by atoms with van der Waals surface area (Å²) in [5, 5.41) is 4.07. The van der Waals surface area contributed by atoms with Crippen molar-refractivity contribution in [2.24, 2.45) is 5.41 Å². The number of rotatable bonds is 2. The maximum Gasteiger partial charge on any atom is 0.0249 e. The molecule has 1 N–H and O–H groups in total. The van der Waals surface area contributed by atoms with Crippen LogP contribution < -0.4 is 5.32 Å². The van der Waals surface area contributed by atoms with Crippen LogP contribution in [0.4, 0.5) is 0 Å². The average molecular weight is 250 g/mol. The minimum atomic E-state index is 0.514. The summed E-state index contributed by atoms with van der Waals surface area (Å²) in [5.74, 6) is 0. The molecule has 0 amide bonds. The lowest BCUT2D eigenvalue weighted by Crippen LogP contribution is -2.53. The minimum Gasteiger partial charge on any atom is -0.309 e. The number of fused-ring (bicyclic) bond motifs is 1. The quantitative estimate of drug-likeness (QED) is 0.810. The molecule has 104 valence electrons. The number of nitrogens with one attached hydrogen (secondary N) is 1. The normalized spacial score (nSPS) is 40.7. The molecule has 0 aromatic rings. The van der Waals surface area contributed by atoms with Gasteiger partial charge >= 0.3 is 0 Å². The largest absolute Gasteiger partial charge is 0.309 e. The summed E-state index contributed by atoms with van der Waals surface area (Å²) in [6.45, 7) is 7.64. The van der Waals surface area contributed by atoms with E-state index in [-0.39, 0.29) is 0 Å². The summed E-state index contributed by atoms with van der Waals surface area (Å²) in [6, 6.07) is 2.40. The van der Waals surface area contributed by atoms with E-state index in [0.29, 0.717) is 5.41 Å². The summed E-state index contributed by atoms with van der Waals surface area (Å²) in [4.78, 5) is 2.75. The van der Waals surface area contributed by atoms with Gasteiger partial charge in [-0.05, 0) is 44.1 Å². The lowest BCUT2D eigenvalue weighted by molar-refractivity contribution is 0.129. The highest BCUT2D eigenvalue weighted by Crippen LogP contribution is 2.37. The van der Waals surface area contributed by atoms with Crippen LogP contribution in [-0.4, -0.2) is 36.1 Å². The molecule has 1 aliphatic carbocycles. The van der Waals surface area contributed by atoms with E-state index in [1.54, 1.807) is 0 Å². The zero-order chi connectivity index (χ0) is 12.6. The van der Waals surface area contributed by atoms with Crippen LogP contribution in [0.25, 0.3) is 0 Å². The predicted octanol–water partition coefficient (Wildman–Crippen LogP) is 3.17. The van der Waals surface area contributed by atoms with E-state index in [4.69, 9.17) is 0 Å². The van der Waals surface area contributed by atoms with Gasteiger partial charge in [0.1, 0.15) is 0 Å². The standard InChI is InChI=1S/C16H30N2/c1-16(2)10-5-3-8-15(16)17-13-9-12-18-11-6-4-7-14(13)18/h13-15,17H,3-12H2,1-2H3. The number of hydrogen-bond donors (Lipinski definition) is 1. The Morgan fingerprint density at radius 3 is 2.61 bits per heavy atom. The predicted molar refractivity (Wildman–Crippen MR) is 76.8 cm³/mol. The van der Waals surface area contributed by atoms with Crippen molar-refractivity contribution in [3.63, 3.8) is 0 Å². The second-order valence-corrected chi connectivity index (χ2v) is 7.45. The van der Waals surface area contributed by atoms with Crippen molar-refractivity contribution in [1.82, 2.24) is 10.2 Å². The average Bonchev–Trinajstić information content (AvgIpc) is 2.75. The van der Waals surface area contributed by atoms with E-state index >= 15 is 0 Å². The third kappa shape index (κ3) is 2.46. The van der Waals surface area contributed by atoms with Gasteiger partial charge in [-0.2, -0.15) is 0 Å². The third-order valence-corrected chi connectivity index (χ3v) is 5.78. The van der Waals surface area contributed by atoms with Gasteiger partial charge in [0, 0.05) is 24.7 Å². The Balaban J connectivity index is 1.62. The molecule has 3 unspecified atom stereocenters. The molecule has 3 fully saturated rings. The van der Waals surface area contributed by atoms with Crippen molar-refractivity contribution in [3.05, 3.63) is 0 Å². The summed E-state index contributed by atoms with van der Waals surface area (Å²) in [6.07, 6.45) is 11.4. The Morgan fingerprint density at radius 1 is 0.944 bits per heavy atom. The van der Waals surface area contributed by atoms with Crippen LogP contribution in [0.5, 0.6) is 0 Å². The molecular formula is C16H30N2. The lowest BCUT2D eigenvalue weighted by atomic mass is 9.73. The lowest BCUT2D eigenvalue weighted by Gasteiger charge is -2.42. The second-order valence-electron chi connectivity index (χ2n) is 7.45. The number of piperidine rings is 1. The molecule has 2 heteroatoms. The van der Waals surface area contributed by atoms with E-state index in [1.165, 1.54) is 64.5 Å². The van der Waals surface area contributed by atoms with Crippen molar-refractivity contribution >= 4 is 0 Å². The van der Waals surface area contributed by atoms with Gasteiger partial charge < -0.3 is 5.32 Å². The Kier molecular flexibility index (Phi) is 3.68. The summed E-state index contributed by atoms with van der Waals surface area (Å²) >= 11 is 0. The fourth-order valence-corrected chi connectivity index (χ4v) is 4.50. The minimum absolute atomic E-state index is 0.514. The van der Waals surface area contributed by atoms with Gasteiger partial charge in [0.25, 0.3) is 0 Å². The van der Waals surface area contributed by atoms with Crippen molar-refractivity contribution in [2.45, 2.75) is 83.3 Å². The van der Waals surface area contributed by atoms with Gasteiger partial charge in [-0.25, -0.2) is 0 Å². The number of nitrogens with zero attached hydrogens (tertiary/aromatic N) is 1. The first-order valence-corrected chi connectivity index (χ1v) is 8.17. The number of hydrogen-bond acceptors (Lipinski definition) is 2. The molecular weight excluding hydrogens is 220 g/mol. The van der Waals surface area contributed by atoms with Gasteiger partial charge in [0.15, 0.2) is 0 Å². The zero-order valence-corrected chi connectivity index (χ0v) is 12.3. The molecule has 2 nitrogen and oxygen atoms in total. The van der Waals surface area contributed by atoms with Crippen LogP contribution in [0, 0.1) is 5.41 Å². The highest BCUT2D eigenvalue weighted by molar-refractivity contribution is 4.98. The molecule has 0 bridgehead atoms. The SMILES string of the molecule is CC1(C)CCCCC1NC1CCN2CCCCC12. The molecule has 2 aliphatic heterocycles. The monoisotopic (exact) mass is 250 g/mol. The van der Waals surface area contributed by atoms with Crippen LogP contribution >= 0.6 is 0 Å². The Bertz CT molecular complexity index is 287. The van der Waals surface area contributed by atoms with E-state index in [2.05, 4.69) is 24.1 Å². The molecule has 18 heavy (non-hydrogen) atoms. The van der Waals surface area contributed by atoms with Crippen molar-refractivity contribution in [2.75, 3.05) is 13.1 Å². The van der Waals surface area contributed by atoms with Crippen LogP contribution in [0.3, 0.4) is 0 Å². The molecule has 0 aromatic carbocycles. The first-order valence-electron chi connectivity index (χ1n) is 8.17. The van der Waals surface area contributed by atoms with Gasteiger partial charge in [0.2, 0.25) is 0 Å². The molecule has 2 heterocycles. The first kappa shape index (κ1) is 12.9. The Morgan fingerprint density at radius 2 is 1.78 bits per heavy atom. The van der Waals surface area contributed by atoms with Crippen molar-refractivity contribution < 1.29 is 0 Å². The van der Waals surface area contributed by atoms with Gasteiger partial charge in [-0.15, -0.1) is 0 Å². The highest BCUT2D eigenvalue weighted by atomic mass is 15.2. The fraction of sp³-hybridized carbons (Fsp3) is 1.00. The van der Waals surface area contributed by atoms with E-state index < -0.39 is 0 Å². The van der Waals surface area contributed by atoms with Gasteiger partial charge in [-0.1, -0.05) is 33.1 Å². The van der Waals surface area contributed by atoms with Gasteiger partial charge in [0.05, 0.1) is 0 Å². The van der Waals surface area contributed by atoms with Crippen molar-refractivity contribution in [1.29, 1.82) is 0 Å². The Hall–Kier alpha value is -0.0800. The molecule has 2 saturated heterocycles. The molecule has 0 radical (unpaired) electrons. The summed E-state index contributed by atoms with van der Waals surface area (Å²) in [7, 11) is 0. The molecule has 3 atom stereocenters. The molecule has 0 spiro atoms. The smallest absolute Gasteiger partial charge is 0.0249 e. The van der Waals surface area contributed by atoms with Crippen LogP contribution in [0.2, 0.25) is 0 Å². The van der Waals surface area contributed by atoms with Crippen LogP contribution in [0.1, 0.15) is 65.2 Å². The van der Waals surface area contributed by atoms with E-state index in [1.807, 2.05) is 0 Å². The van der Waals surface area contributed by atoms with Crippen molar-refractivity contribution in [3.8, 4) is 0 Å². The van der Waals surface area contributed by atoms with Crippen LogP contribution in [0.15, 0.2) is 0 Å². The summed E-state index contributed by atoms with van der Waals surface area (Å²) in [5.41, 5.74) is 0.514. The topological polar surface area (TPSA) is 15.3 Å². The Labute approximate surface area is 113 Å². The first-order chi connectivity index (χ1) is 8.67. The van der Waals surface area contributed by atoms with E-state index in [0.717, 1.165) is 18.1 Å². The zero-order valence-electron chi connectivity index (χ0n) is 12.3. The molecule has 0 aromatic heterocycles. The van der Waals surface area contributed by atoms with Crippen LogP contribution in [-0.2, 0) is 0 Å². The maximum atomic E-state index is 4.07. The molecule has 3 aliphatic rings. The second kappa shape index (κ2) is 5.13. The van der Waals surface area contributed by atoms with E-state index in [9.17, 15) is 0 Å². The molecule has 3 rings (SSSR count). The van der Waals surface area contributed by atoms with Gasteiger partial charge in [-0.3, -0.25) is 4.90 Å². The summed E-state index contributed by atoms with van der Waals surface area (Å²) < 4.78 is 0. The highest BCUT2D eigenvalue weighted by Gasteiger charge is 2.39.